The van der Waals surface area contributed by atoms with Gasteiger partial charge < -0.3 is 19.9 Å². The third kappa shape index (κ3) is 5.88. The van der Waals surface area contributed by atoms with Crippen molar-refractivity contribution in [3.8, 4) is 17.3 Å². The van der Waals surface area contributed by atoms with Gasteiger partial charge in [0.2, 0.25) is 21.8 Å². The number of hydrogen-bond acceptors (Lipinski definition) is 7. The van der Waals surface area contributed by atoms with Gasteiger partial charge in [-0.3, -0.25) is 4.79 Å². The number of amides is 1. The Morgan fingerprint density at radius 2 is 1.85 bits per heavy atom. The Kier molecular flexibility index (Phi) is 8.92. The Bertz CT molecular complexity index is 1510. The number of anilines is 1. The molecule has 2 heterocycles. The molecule has 2 aromatic carbocycles. The fourth-order valence-electron chi connectivity index (χ4n) is 4.34. The summed E-state index contributed by atoms with van der Waals surface area (Å²) in [5.41, 5.74) is 1.84. The number of carboxylic acid groups (broad SMARTS) is 1. The number of nitrogens with one attached hydrogen (secondary N) is 1. The predicted octanol–water partition coefficient (Wildman–Crippen LogP) is 4.24. The van der Waals surface area contributed by atoms with Crippen LogP contribution in [0.5, 0.6) is 11.6 Å². The maximum absolute atomic E-state index is 13.8. The molecule has 1 aliphatic rings. The van der Waals surface area contributed by atoms with Crippen LogP contribution in [-0.4, -0.2) is 65.8 Å². The van der Waals surface area contributed by atoms with Crippen LogP contribution in [0.15, 0.2) is 47.4 Å². The minimum Gasteiger partial charge on any atom is -0.476 e. The number of aromatic nitrogens is 2. The quantitative estimate of drug-likeness (QED) is 0.369. The van der Waals surface area contributed by atoms with Crippen LogP contribution in [0, 0.1) is 12.8 Å². The molecule has 1 atom stereocenters. The van der Waals surface area contributed by atoms with E-state index in [2.05, 4.69) is 10.4 Å². The first-order valence-corrected chi connectivity index (χ1v) is 14.6. The van der Waals surface area contributed by atoms with E-state index in [0.717, 1.165) is 5.56 Å². The number of rotatable bonds is 10. The average Bonchev–Trinajstić information content (AvgIpc) is 3.29. The second-order valence-corrected chi connectivity index (χ2v) is 11.5. The van der Waals surface area contributed by atoms with E-state index in [1.807, 2.05) is 26.0 Å². The van der Waals surface area contributed by atoms with Crippen molar-refractivity contribution in [3.63, 3.8) is 0 Å². The molecule has 0 bridgehead atoms. The molecule has 40 heavy (non-hydrogen) atoms. The van der Waals surface area contributed by atoms with Gasteiger partial charge in [-0.2, -0.15) is 14.1 Å². The zero-order valence-electron chi connectivity index (χ0n) is 23.0. The second-order valence-electron chi connectivity index (χ2n) is 9.56. The molecule has 1 aliphatic heterocycles. The maximum atomic E-state index is 13.8. The normalized spacial score (nSPS) is 15.0. The monoisotopic (exact) mass is 570 g/mol. The molecule has 0 spiro atoms. The highest BCUT2D eigenvalue weighted by molar-refractivity contribution is 7.89. The van der Waals surface area contributed by atoms with E-state index in [1.54, 1.807) is 32.0 Å². The molecule has 0 unspecified atom stereocenters. The lowest BCUT2D eigenvalue weighted by molar-refractivity contribution is -0.119. The van der Waals surface area contributed by atoms with Crippen molar-refractivity contribution in [2.75, 3.05) is 31.6 Å². The Labute approximate surface area is 233 Å². The number of carbonyl (C=O) groups is 2. The Morgan fingerprint density at radius 1 is 1.15 bits per heavy atom. The van der Waals surface area contributed by atoms with Gasteiger partial charge in [0.25, 0.3) is 0 Å². The molecule has 1 amide bonds. The first-order valence-electron chi connectivity index (χ1n) is 13.2. The number of carboxylic acids is 1. The van der Waals surface area contributed by atoms with Gasteiger partial charge in [0.05, 0.1) is 18.9 Å². The van der Waals surface area contributed by atoms with Crippen molar-refractivity contribution in [2.45, 2.75) is 45.4 Å². The first-order chi connectivity index (χ1) is 19.1. The second kappa shape index (κ2) is 12.2. The van der Waals surface area contributed by atoms with Crippen molar-refractivity contribution < 1.29 is 32.6 Å². The summed E-state index contributed by atoms with van der Waals surface area (Å²) < 4.78 is 42.0. The van der Waals surface area contributed by atoms with Crippen molar-refractivity contribution in [2.24, 2.45) is 5.92 Å². The summed E-state index contributed by atoms with van der Waals surface area (Å²) in [6, 6.07) is 11.8. The summed E-state index contributed by atoms with van der Waals surface area (Å²) in [5.74, 6) is -1.68. The van der Waals surface area contributed by atoms with E-state index in [0.29, 0.717) is 24.2 Å². The summed E-state index contributed by atoms with van der Waals surface area (Å²) in [7, 11) is -4.08. The van der Waals surface area contributed by atoms with Crippen LogP contribution < -0.4 is 10.1 Å². The van der Waals surface area contributed by atoms with Gasteiger partial charge in [-0.25, -0.2) is 13.2 Å². The fourth-order valence-corrected chi connectivity index (χ4v) is 5.88. The van der Waals surface area contributed by atoms with Crippen molar-refractivity contribution in [1.29, 1.82) is 0 Å². The lowest BCUT2D eigenvalue weighted by Gasteiger charge is -2.27. The third-order valence-corrected chi connectivity index (χ3v) is 8.86. The van der Waals surface area contributed by atoms with Gasteiger partial charge in [-0.15, -0.1) is 0 Å². The van der Waals surface area contributed by atoms with Crippen molar-refractivity contribution in [1.82, 2.24) is 14.1 Å². The number of morpholine rings is 1. The first kappa shape index (κ1) is 29.2. The van der Waals surface area contributed by atoms with E-state index in [1.165, 1.54) is 21.1 Å². The Morgan fingerprint density at radius 3 is 2.50 bits per heavy atom. The average molecular weight is 571 g/mol. The van der Waals surface area contributed by atoms with Gasteiger partial charge in [0.1, 0.15) is 10.6 Å². The zero-order chi connectivity index (χ0) is 29.0. The fraction of sp³-hybridized carbons (Fsp3) is 0.393. The number of aryl methyl sites for hydroxylation is 1. The van der Waals surface area contributed by atoms with E-state index in [9.17, 15) is 23.1 Å². The minimum absolute atomic E-state index is 0.0248. The molecular weight excluding hydrogens is 536 g/mol. The summed E-state index contributed by atoms with van der Waals surface area (Å²) in [5, 5.41) is 16.9. The van der Waals surface area contributed by atoms with Gasteiger partial charge in [-0.1, -0.05) is 39.0 Å². The lowest BCUT2D eigenvalue weighted by Crippen LogP contribution is -2.40. The van der Waals surface area contributed by atoms with Gasteiger partial charge in [0.15, 0.2) is 5.69 Å². The molecule has 4 rings (SSSR count). The number of nitrogens with zero attached hydrogens (tertiary/aromatic N) is 3. The number of sulfonamides is 1. The highest BCUT2D eigenvalue weighted by Crippen LogP contribution is 2.37. The summed E-state index contributed by atoms with van der Waals surface area (Å²) >= 11 is 0. The predicted molar refractivity (Wildman–Crippen MR) is 149 cm³/mol. The molecule has 214 valence electrons. The van der Waals surface area contributed by atoms with Crippen LogP contribution in [0.1, 0.15) is 48.8 Å². The topological polar surface area (TPSA) is 140 Å². The van der Waals surface area contributed by atoms with E-state index in [-0.39, 0.29) is 65.9 Å². The molecule has 1 aromatic heterocycles. The smallest absolute Gasteiger partial charge is 0.356 e. The van der Waals surface area contributed by atoms with Crippen LogP contribution in [0.2, 0.25) is 0 Å². The number of hydrogen-bond donors (Lipinski definition) is 2. The molecule has 12 heteroatoms. The molecule has 1 saturated heterocycles. The lowest BCUT2D eigenvalue weighted by atomic mass is 10.1. The van der Waals surface area contributed by atoms with Crippen LogP contribution in [-0.2, 0) is 26.0 Å². The SMILES string of the molecule is CCc1ccccc1-n1nc(C(=O)O)c(C)c1Oc1ccc(NC(=O)[C@@H](C)CC)cc1S(=O)(=O)N1CCOCC1. The summed E-state index contributed by atoms with van der Waals surface area (Å²) in [6.07, 6.45) is 1.28. The molecular formula is C28H34N4O7S. The summed E-state index contributed by atoms with van der Waals surface area (Å²) in [6.45, 7) is 8.04. The number of para-hydroxylation sites is 1. The van der Waals surface area contributed by atoms with Gasteiger partial charge in [0, 0.05) is 30.3 Å². The molecule has 1 fully saturated rings. The number of benzene rings is 2. The number of carbonyl (C=O) groups excluding carboxylic acids is 1. The molecule has 11 nitrogen and oxygen atoms in total. The number of aromatic carboxylic acids is 1. The largest absolute Gasteiger partial charge is 0.476 e. The van der Waals surface area contributed by atoms with E-state index >= 15 is 0 Å². The van der Waals surface area contributed by atoms with Crippen LogP contribution in [0.4, 0.5) is 5.69 Å². The zero-order valence-corrected chi connectivity index (χ0v) is 23.8. The number of ether oxygens (including phenoxy) is 2. The van der Waals surface area contributed by atoms with Crippen LogP contribution >= 0.6 is 0 Å². The van der Waals surface area contributed by atoms with Gasteiger partial charge in [-0.05, 0) is 49.6 Å². The van der Waals surface area contributed by atoms with E-state index in [4.69, 9.17) is 9.47 Å². The van der Waals surface area contributed by atoms with Crippen molar-refractivity contribution >= 4 is 27.6 Å². The Balaban J connectivity index is 1.86. The molecule has 0 saturated carbocycles. The molecule has 3 aromatic rings. The van der Waals surface area contributed by atoms with Crippen molar-refractivity contribution in [3.05, 3.63) is 59.3 Å². The third-order valence-electron chi connectivity index (χ3n) is 6.94. The highest BCUT2D eigenvalue weighted by Gasteiger charge is 2.32. The Hall–Kier alpha value is -3.74. The highest BCUT2D eigenvalue weighted by atomic mass is 32.2. The summed E-state index contributed by atoms with van der Waals surface area (Å²) in [4.78, 5) is 24.4. The molecule has 0 aliphatic carbocycles. The molecule has 2 N–H and O–H groups in total. The van der Waals surface area contributed by atoms with Crippen LogP contribution in [0.3, 0.4) is 0 Å². The van der Waals surface area contributed by atoms with E-state index < -0.39 is 16.0 Å². The van der Waals surface area contributed by atoms with Crippen LogP contribution in [0.25, 0.3) is 5.69 Å². The van der Waals surface area contributed by atoms with Gasteiger partial charge >= 0.3 is 5.97 Å². The minimum atomic E-state index is -4.08. The standard InChI is InChI=1S/C28H34N4O7S/c1-5-18(3)26(33)29-21-11-12-23(24(17-21)40(36,37)31-13-15-38-16-14-31)39-27-19(4)25(28(34)35)30-32(27)22-10-8-7-9-20(22)6-2/h7-12,17-18H,5-6,13-16H2,1-4H3,(H,29,33)(H,34,35)/t18-/m0/s1. The maximum Gasteiger partial charge on any atom is 0.356 e. The molecule has 0 radical (unpaired) electrons.